The Morgan fingerprint density at radius 1 is 1.04 bits per heavy atom. The van der Waals surface area contributed by atoms with Crippen LogP contribution in [0.4, 0.5) is 5.69 Å². The maximum atomic E-state index is 12.2. The fourth-order valence-corrected chi connectivity index (χ4v) is 4.36. The molecular formula is C19H31N3O3S. The minimum absolute atomic E-state index is 0.0865. The van der Waals surface area contributed by atoms with E-state index in [2.05, 4.69) is 15.4 Å². The number of amides is 1. The van der Waals surface area contributed by atoms with E-state index in [9.17, 15) is 13.2 Å². The molecular weight excluding hydrogens is 350 g/mol. The molecule has 2 rings (SSSR count). The number of carbonyl (C=O) groups is 1. The zero-order valence-corrected chi connectivity index (χ0v) is 16.4. The van der Waals surface area contributed by atoms with Gasteiger partial charge in [-0.15, -0.1) is 0 Å². The number of sulfonamides is 1. The second-order valence-electron chi connectivity index (χ2n) is 6.90. The molecule has 0 saturated heterocycles. The van der Waals surface area contributed by atoms with Crippen LogP contribution >= 0.6 is 0 Å². The molecule has 0 atom stereocenters. The minimum atomic E-state index is -3.31. The van der Waals surface area contributed by atoms with Crippen LogP contribution in [0.25, 0.3) is 0 Å². The molecule has 1 aliphatic carbocycles. The molecule has 26 heavy (non-hydrogen) atoms. The van der Waals surface area contributed by atoms with Crippen molar-refractivity contribution < 1.29 is 13.2 Å². The summed E-state index contributed by atoms with van der Waals surface area (Å²) in [5.41, 5.74) is 1.00. The standard InChI is InChI=1S/C19H31N3O3S/c1-2-15-26(24,25)22-18-11-9-16(10-12-18)19(23)21-14-13-20-17-7-5-3-4-6-8-17/h9-12,17,20,22H,2-8,13-15H2,1H3,(H,21,23). The van der Waals surface area contributed by atoms with Crippen LogP contribution in [0, 0.1) is 0 Å². The van der Waals surface area contributed by atoms with Gasteiger partial charge in [0.1, 0.15) is 0 Å². The molecule has 7 heteroatoms. The third-order valence-electron chi connectivity index (χ3n) is 4.59. The first kappa shape index (κ1) is 20.7. The molecule has 0 spiro atoms. The van der Waals surface area contributed by atoms with Gasteiger partial charge in [0, 0.05) is 30.4 Å². The lowest BCUT2D eigenvalue weighted by molar-refractivity contribution is 0.0953. The van der Waals surface area contributed by atoms with E-state index in [-0.39, 0.29) is 11.7 Å². The third-order valence-corrected chi connectivity index (χ3v) is 6.08. The second kappa shape index (κ2) is 10.5. The highest BCUT2D eigenvalue weighted by atomic mass is 32.2. The Labute approximate surface area is 157 Å². The second-order valence-corrected chi connectivity index (χ2v) is 8.74. The highest BCUT2D eigenvalue weighted by molar-refractivity contribution is 7.92. The fourth-order valence-electron chi connectivity index (χ4n) is 3.23. The first-order valence-electron chi connectivity index (χ1n) is 9.62. The summed E-state index contributed by atoms with van der Waals surface area (Å²) in [6.45, 7) is 3.17. The number of hydrogen-bond donors (Lipinski definition) is 3. The molecule has 1 aromatic carbocycles. The summed E-state index contributed by atoms with van der Waals surface area (Å²) in [5.74, 6) is -0.0564. The van der Waals surface area contributed by atoms with E-state index in [4.69, 9.17) is 0 Å². The molecule has 0 radical (unpaired) electrons. The lowest BCUT2D eigenvalue weighted by Crippen LogP contribution is -2.36. The Morgan fingerprint density at radius 2 is 1.69 bits per heavy atom. The summed E-state index contributed by atoms with van der Waals surface area (Å²) in [7, 11) is -3.31. The number of hydrogen-bond acceptors (Lipinski definition) is 4. The molecule has 6 nitrogen and oxygen atoms in total. The number of benzene rings is 1. The Balaban J connectivity index is 1.73. The largest absolute Gasteiger partial charge is 0.351 e. The van der Waals surface area contributed by atoms with Crippen LogP contribution in [0.2, 0.25) is 0 Å². The average molecular weight is 382 g/mol. The van der Waals surface area contributed by atoms with Crippen molar-refractivity contribution >= 4 is 21.6 Å². The lowest BCUT2D eigenvalue weighted by atomic mass is 10.1. The number of nitrogens with one attached hydrogen (secondary N) is 3. The Kier molecular flexibility index (Phi) is 8.38. The molecule has 0 aromatic heterocycles. The van der Waals surface area contributed by atoms with Crippen molar-refractivity contribution in [3.63, 3.8) is 0 Å². The number of carbonyl (C=O) groups excluding carboxylic acids is 1. The minimum Gasteiger partial charge on any atom is -0.351 e. The summed E-state index contributed by atoms with van der Waals surface area (Å²) in [4.78, 5) is 12.2. The van der Waals surface area contributed by atoms with Crippen LogP contribution in [-0.2, 0) is 10.0 Å². The smallest absolute Gasteiger partial charge is 0.251 e. The van der Waals surface area contributed by atoms with E-state index < -0.39 is 10.0 Å². The average Bonchev–Trinajstić information content (AvgIpc) is 2.87. The molecule has 1 aromatic rings. The van der Waals surface area contributed by atoms with E-state index >= 15 is 0 Å². The molecule has 0 bridgehead atoms. The predicted molar refractivity (Wildman–Crippen MR) is 106 cm³/mol. The quantitative estimate of drug-likeness (QED) is 0.453. The monoisotopic (exact) mass is 381 g/mol. The van der Waals surface area contributed by atoms with Crippen LogP contribution in [-0.4, -0.2) is 39.2 Å². The van der Waals surface area contributed by atoms with Gasteiger partial charge in [0.2, 0.25) is 10.0 Å². The SMILES string of the molecule is CCCS(=O)(=O)Nc1ccc(C(=O)NCCNC2CCCCCC2)cc1. The summed E-state index contributed by atoms with van der Waals surface area (Å²) >= 11 is 0. The van der Waals surface area contributed by atoms with Crippen LogP contribution in [0.5, 0.6) is 0 Å². The Hall–Kier alpha value is -1.60. The van der Waals surface area contributed by atoms with Crippen molar-refractivity contribution in [1.82, 2.24) is 10.6 Å². The third kappa shape index (κ3) is 7.33. The molecule has 3 N–H and O–H groups in total. The van der Waals surface area contributed by atoms with Gasteiger partial charge in [0.05, 0.1) is 5.75 Å². The van der Waals surface area contributed by atoms with Crippen LogP contribution < -0.4 is 15.4 Å². The van der Waals surface area contributed by atoms with Crippen molar-refractivity contribution in [2.45, 2.75) is 57.9 Å². The Morgan fingerprint density at radius 3 is 2.31 bits per heavy atom. The van der Waals surface area contributed by atoms with Gasteiger partial charge in [-0.1, -0.05) is 32.6 Å². The lowest BCUT2D eigenvalue weighted by Gasteiger charge is -2.16. The van der Waals surface area contributed by atoms with Crippen molar-refractivity contribution in [2.75, 3.05) is 23.6 Å². The van der Waals surface area contributed by atoms with E-state index in [0.717, 1.165) is 6.54 Å². The van der Waals surface area contributed by atoms with Gasteiger partial charge in [-0.25, -0.2) is 8.42 Å². The summed E-state index contributed by atoms with van der Waals surface area (Å²) in [6.07, 6.45) is 8.26. The molecule has 0 aliphatic heterocycles. The molecule has 1 fully saturated rings. The number of anilines is 1. The van der Waals surface area contributed by atoms with E-state index in [1.807, 2.05) is 6.92 Å². The van der Waals surface area contributed by atoms with Gasteiger partial charge >= 0.3 is 0 Å². The first-order valence-corrected chi connectivity index (χ1v) is 11.3. The molecule has 146 valence electrons. The zero-order valence-electron chi connectivity index (χ0n) is 15.6. The summed E-state index contributed by atoms with van der Waals surface area (Å²) in [6, 6.07) is 7.08. The van der Waals surface area contributed by atoms with Gasteiger partial charge < -0.3 is 10.6 Å². The Bertz CT molecular complexity index is 651. The molecule has 1 amide bonds. The normalized spacial score (nSPS) is 16.0. The maximum Gasteiger partial charge on any atom is 0.251 e. The number of rotatable bonds is 9. The summed E-state index contributed by atoms with van der Waals surface area (Å²) < 4.78 is 26.0. The summed E-state index contributed by atoms with van der Waals surface area (Å²) in [5, 5.41) is 6.43. The topological polar surface area (TPSA) is 87.3 Å². The van der Waals surface area contributed by atoms with Gasteiger partial charge in [-0.05, 0) is 43.5 Å². The highest BCUT2D eigenvalue weighted by Gasteiger charge is 2.12. The first-order chi connectivity index (χ1) is 12.5. The van der Waals surface area contributed by atoms with Crippen molar-refractivity contribution in [2.24, 2.45) is 0 Å². The molecule has 0 unspecified atom stereocenters. The van der Waals surface area contributed by atoms with E-state index in [0.29, 0.717) is 30.3 Å². The van der Waals surface area contributed by atoms with E-state index in [1.165, 1.54) is 38.5 Å². The van der Waals surface area contributed by atoms with E-state index in [1.54, 1.807) is 24.3 Å². The molecule has 1 saturated carbocycles. The predicted octanol–water partition coefficient (Wildman–Crippen LogP) is 2.88. The fraction of sp³-hybridized carbons (Fsp3) is 0.632. The van der Waals surface area contributed by atoms with Crippen molar-refractivity contribution in [1.29, 1.82) is 0 Å². The van der Waals surface area contributed by atoms with Crippen LogP contribution in [0.15, 0.2) is 24.3 Å². The molecule has 1 aliphatic rings. The zero-order chi connectivity index (χ0) is 18.8. The van der Waals surface area contributed by atoms with Gasteiger partial charge in [-0.3, -0.25) is 9.52 Å². The van der Waals surface area contributed by atoms with Gasteiger partial charge in [0.25, 0.3) is 5.91 Å². The van der Waals surface area contributed by atoms with Crippen LogP contribution in [0.3, 0.4) is 0 Å². The van der Waals surface area contributed by atoms with Crippen molar-refractivity contribution in [3.8, 4) is 0 Å². The molecule has 0 heterocycles. The van der Waals surface area contributed by atoms with Crippen LogP contribution in [0.1, 0.15) is 62.2 Å². The van der Waals surface area contributed by atoms with Crippen molar-refractivity contribution in [3.05, 3.63) is 29.8 Å². The van der Waals surface area contributed by atoms with Gasteiger partial charge in [0.15, 0.2) is 0 Å². The van der Waals surface area contributed by atoms with Gasteiger partial charge in [-0.2, -0.15) is 0 Å². The highest BCUT2D eigenvalue weighted by Crippen LogP contribution is 2.17. The maximum absolute atomic E-state index is 12.2.